The van der Waals surface area contributed by atoms with Gasteiger partial charge in [0, 0.05) is 19.0 Å². The molecular weight excluding hydrogens is 234 g/mol. The maximum absolute atomic E-state index is 12.2. The van der Waals surface area contributed by atoms with Crippen LogP contribution in [0.5, 0.6) is 0 Å². The van der Waals surface area contributed by atoms with Crippen molar-refractivity contribution in [1.82, 2.24) is 4.90 Å². The van der Waals surface area contributed by atoms with Crippen LogP contribution in [0.3, 0.4) is 0 Å². The monoisotopic (exact) mass is 267 g/mol. The van der Waals surface area contributed by atoms with Crippen LogP contribution in [0.25, 0.3) is 0 Å². The highest BCUT2D eigenvalue weighted by molar-refractivity contribution is 5.78. The molecule has 2 nitrogen and oxygen atoms in total. The molecule has 0 N–H and O–H groups in total. The Bertz CT molecular complexity index is 330. The second-order valence-electron chi connectivity index (χ2n) is 8.94. The van der Waals surface area contributed by atoms with Gasteiger partial charge in [0.25, 0.3) is 0 Å². The number of carbonyl (C=O) groups is 1. The molecule has 0 bridgehead atoms. The molecular formula is C17H33NO. The quantitative estimate of drug-likeness (QED) is 0.738. The Kier molecular flexibility index (Phi) is 4.44. The lowest BCUT2D eigenvalue weighted by Crippen LogP contribution is -2.52. The van der Waals surface area contributed by atoms with Crippen molar-refractivity contribution in [3.05, 3.63) is 0 Å². The van der Waals surface area contributed by atoms with E-state index in [0.29, 0.717) is 11.9 Å². The number of likely N-dealkylation sites (tertiary alicyclic amines) is 1. The molecule has 0 aromatic heterocycles. The average Bonchev–Trinajstić information content (AvgIpc) is 2.57. The fourth-order valence-electron chi connectivity index (χ4n) is 2.83. The van der Waals surface area contributed by atoms with Crippen molar-refractivity contribution in [2.24, 2.45) is 16.2 Å². The molecule has 1 amide bonds. The van der Waals surface area contributed by atoms with E-state index < -0.39 is 0 Å². The van der Waals surface area contributed by atoms with Gasteiger partial charge in [-0.15, -0.1) is 0 Å². The summed E-state index contributed by atoms with van der Waals surface area (Å²) in [5.74, 6) is 0.353. The third kappa shape index (κ3) is 3.73. The van der Waals surface area contributed by atoms with Crippen LogP contribution in [0.4, 0.5) is 0 Å². The molecule has 0 aliphatic carbocycles. The van der Waals surface area contributed by atoms with Crippen molar-refractivity contribution in [1.29, 1.82) is 0 Å². The van der Waals surface area contributed by atoms with Gasteiger partial charge in [-0.25, -0.2) is 0 Å². The highest BCUT2D eigenvalue weighted by Gasteiger charge is 2.46. The highest BCUT2D eigenvalue weighted by Crippen LogP contribution is 2.47. The second kappa shape index (κ2) is 5.10. The molecule has 1 atom stereocenters. The maximum Gasteiger partial charge on any atom is 0.222 e. The van der Waals surface area contributed by atoms with Gasteiger partial charge in [-0.05, 0) is 29.1 Å². The van der Waals surface area contributed by atoms with Crippen molar-refractivity contribution in [2.75, 3.05) is 6.54 Å². The summed E-state index contributed by atoms with van der Waals surface area (Å²) in [5.41, 5.74) is 0.544. The first-order valence-electron chi connectivity index (χ1n) is 7.66. The minimum Gasteiger partial charge on any atom is -0.339 e. The normalized spacial score (nSPS) is 20.0. The molecule has 1 unspecified atom stereocenters. The first kappa shape index (κ1) is 16.5. The molecule has 0 aromatic carbocycles. The van der Waals surface area contributed by atoms with Gasteiger partial charge in [-0.1, -0.05) is 55.4 Å². The van der Waals surface area contributed by atoms with Gasteiger partial charge in [0.15, 0.2) is 0 Å². The molecule has 0 spiro atoms. The third-order valence-corrected chi connectivity index (χ3v) is 5.06. The fraction of sp³-hybridized carbons (Fsp3) is 0.941. The summed E-state index contributed by atoms with van der Waals surface area (Å²) >= 11 is 0. The average molecular weight is 267 g/mol. The number of hydrogen-bond acceptors (Lipinski definition) is 1. The van der Waals surface area contributed by atoms with Crippen molar-refractivity contribution in [2.45, 2.75) is 80.7 Å². The van der Waals surface area contributed by atoms with E-state index in [1.54, 1.807) is 0 Å². The van der Waals surface area contributed by atoms with Crippen LogP contribution in [0.1, 0.15) is 74.7 Å². The van der Waals surface area contributed by atoms with E-state index in [1.165, 1.54) is 0 Å². The van der Waals surface area contributed by atoms with Crippen LogP contribution in [0.2, 0.25) is 0 Å². The van der Waals surface area contributed by atoms with Gasteiger partial charge < -0.3 is 4.90 Å². The van der Waals surface area contributed by atoms with Crippen LogP contribution >= 0.6 is 0 Å². The van der Waals surface area contributed by atoms with Gasteiger partial charge in [0.2, 0.25) is 5.91 Å². The third-order valence-electron chi connectivity index (χ3n) is 5.06. The standard InChI is InChI=1S/C17H33NO/c1-15(2,3)12-13(17(7,8)16(4,5)6)18-11-9-10-14(18)19/h13H,9-12H2,1-8H3. The molecule has 1 aliphatic rings. The smallest absolute Gasteiger partial charge is 0.222 e. The lowest BCUT2D eigenvalue weighted by atomic mass is 9.62. The zero-order chi connectivity index (χ0) is 15.1. The lowest BCUT2D eigenvalue weighted by molar-refractivity contribution is -0.135. The summed E-state index contributed by atoms with van der Waals surface area (Å²) in [6.07, 6.45) is 2.84. The van der Waals surface area contributed by atoms with Crippen molar-refractivity contribution >= 4 is 5.91 Å². The van der Waals surface area contributed by atoms with E-state index >= 15 is 0 Å². The molecule has 1 rings (SSSR count). The fourth-order valence-corrected chi connectivity index (χ4v) is 2.83. The molecule has 2 heteroatoms. The van der Waals surface area contributed by atoms with E-state index in [1.807, 2.05) is 0 Å². The van der Waals surface area contributed by atoms with E-state index in [2.05, 4.69) is 60.3 Å². The summed E-state index contributed by atoms with van der Waals surface area (Å²) in [6.45, 7) is 19.3. The minimum absolute atomic E-state index is 0.111. The molecule has 1 fully saturated rings. The number of carbonyl (C=O) groups excluding carboxylic acids is 1. The Morgan fingerprint density at radius 2 is 1.58 bits per heavy atom. The Balaban J connectivity index is 3.09. The van der Waals surface area contributed by atoms with Crippen molar-refractivity contribution < 1.29 is 4.79 Å². The predicted molar refractivity (Wildman–Crippen MR) is 82.0 cm³/mol. The lowest BCUT2D eigenvalue weighted by Gasteiger charge is -2.50. The zero-order valence-corrected chi connectivity index (χ0v) is 14.3. The number of nitrogens with zero attached hydrogens (tertiary/aromatic N) is 1. The Morgan fingerprint density at radius 1 is 1.05 bits per heavy atom. The molecule has 1 aliphatic heterocycles. The largest absolute Gasteiger partial charge is 0.339 e. The summed E-state index contributed by atoms with van der Waals surface area (Å²) in [5, 5.41) is 0. The number of amides is 1. The number of hydrogen-bond donors (Lipinski definition) is 0. The maximum atomic E-state index is 12.2. The van der Waals surface area contributed by atoms with Crippen LogP contribution in [-0.2, 0) is 4.79 Å². The van der Waals surface area contributed by atoms with Gasteiger partial charge >= 0.3 is 0 Å². The first-order chi connectivity index (χ1) is 8.36. The van der Waals surface area contributed by atoms with Crippen molar-refractivity contribution in [3.63, 3.8) is 0 Å². The van der Waals surface area contributed by atoms with Crippen LogP contribution in [0.15, 0.2) is 0 Å². The van der Waals surface area contributed by atoms with Gasteiger partial charge in [-0.3, -0.25) is 4.79 Å². The van der Waals surface area contributed by atoms with Gasteiger partial charge in [0.1, 0.15) is 0 Å². The first-order valence-corrected chi connectivity index (χ1v) is 7.66. The SMILES string of the molecule is CC(C)(C)CC(N1CCCC1=O)C(C)(C)C(C)(C)C. The van der Waals surface area contributed by atoms with Crippen molar-refractivity contribution in [3.8, 4) is 0 Å². The van der Waals surface area contributed by atoms with E-state index in [-0.39, 0.29) is 16.2 Å². The molecule has 1 saturated heterocycles. The Morgan fingerprint density at radius 3 is 1.89 bits per heavy atom. The molecule has 1 heterocycles. The van der Waals surface area contributed by atoms with E-state index in [4.69, 9.17) is 0 Å². The Labute approximate surface area is 119 Å². The summed E-state index contributed by atoms with van der Waals surface area (Å²) in [4.78, 5) is 14.4. The Hall–Kier alpha value is -0.530. The van der Waals surface area contributed by atoms with Crippen LogP contribution < -0.4 is 0 Å². The van der Waals surface area contributed by atoms with Gasteiger partial charge in [-0.2, -0.15) is 0 Å². The topological polar surface area (TPSA) is 20.3 Å². The number of rotatable bonds is 3. The van der Waals surface area contributed by atoms with E-state index in [0.717, 1.165) is 25.8 Å². The summed E-state index contributed by atoms with van der Waals surface area (Å²) in [6, 6.07) is 0.336. The molecule has 0 radical (unpaired) electrons. The summed E-state index contributed by atoms with van der Waals surface area (Å²) in [7, 11) is 0. The summed E-state index contributed by atoms with van der Waals surface area (Å²) < 4.78 is 0. The molecule has 112 valence electrons. The predicted octanol–water partition coefficient (Wildman–Crippen LogP) is 4.49. The minimum atomic E-state index is 0.111. The van der Waals surface area contributed by atoms with E-state index in [9.17, 15) is 4.79 Å². The van der Waals surface area contributed by atoms with Crippen LogP contribution in [0, 0.1) is 16.2 Å². The van der Waals surface area contributed by atoms with Crippen LogP contribution in [-0.4, -0.2) is 23.4 Å². The molecule has 0 saturated carbocycles. The highest BCUT2D eigenvalue weighted by atomic mass is 16.2. The molecule has 0 aromatic rings. The molecule has 19 heavy (non-hydrogen) atoms. The van der Waals surface area contributed by atoms with Gasteiger partial charge in [0.05, 0.1) is 0 Å². The zero-order valence-electron chi connectivity index (χ0n) is 14.3. The second-order valence-corrected chi connectivity index (χ2v) is 8.94.